The summed E-state index contributed by atoms with van der Waals surface area (Å²) in [6.07, 6.45) is 3.97. The lowest BCUT2D eigenvalue weighted by Crippen LogP contribution is -2.44. The molecule has 6 nitrogen and oxygen atoms in total. The summed E-state index contributed by atoms with van der Waals surface area (Å²) in [6.45, 7) is 3.76. The van der Waals surface area contributed by atoms with Crippen molar-refractivity contribution in [1.82, 2.24) is 9.80 Å². The zero-order chi connectivity index (χ0) is 28.3. The topological polar surface area (TPSA) is 66.9 Å². The van der Waals surface area contributed by atoms with E-state index in [2.05, 4.69) is 29.2 Å². The average Bonchev–Trinajstić information content (AvgIpc) is 3.31. The molecule has 1 saturated heterocycles. The number of carbonyl (C=O) groups excluding carboxylic acids is 3. The van der Waals surface area contributed by atoms with Crippen molar-refractivity contribution in [3.8, 4) is 5.75 Å². The Labute approximate surface area is 240 Å². The van der Waals surface area contributed by atoms with Crippen molar-refractivity contribution in [2.75, 3.05) is 13.1 Å². The molecule has 2 heterocycles. The molecule has 212 valence electrons. The van der Waals surface area contributed by atoms with Crippen LogP contribution in [0.2, 0.25) is 0 Å². The van der Waals surface area contributed by atoms with Gasteiger partial charge in [-0.15, -0.1) is 0 Å². The lowest BCUT2D eigenvalue weighted by molar-refractivity contribution is -0.133. The van der Waals surface area contributed by atoms with E-state index >= 15 is 0 Å². The SMILES string of the molecule is O=C1CCC(N2Cc3c(OCc4ccc(CN5CCC(Cc6ccc(F)cc6)CC5)cc4)cccc3C2=O)C(=O)C1. The smallest absolute Gasteiger partial charge is 0.255 e. The molecule has 0 N–H and O–H groups in total. The van der Waals surface area contributed by atoms with Gasteiger partial charge in [0.1, 0.15) is 24.0 Å². The lowest BCUT2D eigenvalue weighted by atomic mass is 9.90. The van der Waals surface area contributed by atoms with Gasteiger partial charge >= 0.3 is 0 Å². The minimum Gasteiger partial charge on any atom is -0.489 e. The molecule has 1 atom stereocenters. The summed E-state index contributed by atoms with van der Waals surface area (Å²) in [5.41, 5.74) is 4.91. The van der Waals surface area contributed by atoms with Crippen LogP contribution in [0, 0.1) is 11.7 Å². The maximum absolute atomic E-state index is 13.2. The number of piperidine rings is 1. The van der Waals surface area contributed by atoms with Gasteiger partial charge in [-0.2, -0.15) is 0 Å². The second-order valence-electron chi connectivity index (χ2n) is 11.6. The van der Waals surface area contributed by atoms with Crippen LogP contribution in [0.5, 0.6) is 5.75 Å². The number of likely N-dealkylation sites (tertiary alicyclic amines) is 1. The number of ketones is 2. The molecule has 1 saturated carbocycles. The quantitative estimate of drug-likeness (QED) is 0.344. The summed E-state index contributed by atoms with van der Waals surface area (Å²) in [4.78, 5) is 41.3. The van der Waals surface area contributed by atoms with Gasteiger partial charge in [-0.05, 0) is 85.6 Å². The highest BCUT2D eigenvalue weighted by atomic mass is 19.1. The molecule has 2 aliphatic heterocycles. The zero-order valence-electron chi connectivity index (χ0n) is 23.2. The third-order valence-corrected chi connectivity index (χ3v) is 8.74. The van der Waals surface area contributed by atoms with Crippen LogP contribution in [0.3, 0.4) is 0 Å². The van der Waals surface area contributed by atoms with E-state index in [0.29, 0.717) is 43.2 Å². The Morgan fingerprint density at radius 1 is 0.829 bits per heavy atom. The fourth-order valence-corrected chi connectivity index (χ4v) is 6.36. The van der Waals surface area contributed by atoms with E-state index < -0.39 is 6.04 Å². The van der Waals surface area contributed by atoms with E-state index in [0.717, 1.165) is 50.0 Å². The van der Waals surface area contributed by atoms with Gasteiger partial charge in [-0.25, -0.2) is 4.39 Å². The fourth-order valence-electron chi connectivity index (χ4n) is 6.36. The number of fused-ring (bicyclic) bond motifs is 1. The second-order valence-corrected chi connectivity index (χ2v) is 11.6. The first-order valence-electron chi connectivity index (χ1n) is 14.6. The molecule has 1 aliphatic carbocycles. The summed E-state index contributed by atoms with van der Waals surface area (Å²) >= 11 is 0. The van der Waals surface area contributed by atoms with Crippen molar-refractivity contribution < 1.29 is 23.5 Å². The van der Waals surface area contributed by atoms with E-state index in [-0.39, 0.29) is 29.7 Å². The Morgan fingerprint density at radius 3 is 2.27 bits per heavy atom. The summed E-state index contributed by atoms with van der Waals surface area (Å²) in [5, 5.41) is 0. The van der Waals surface area contributed by atoms with Gasteiger partial charge in [0.05, 0.1) is 19.0 Å². The molecule has 7 heteroatoms. The number of ether oxygens (including phenoxy) is 1. The van der Waals surface area contributed by atoms with Gasteiger partial charge in [-0.3, -0.25) is 19.3 Å². The molecule has 6 rings (SSSR count). The summed E-state index contributed by atoms with van der Waals surface area (Å²) in [7, 11) is 0. The Morgan fingerprint density at radius 2 is 1.54 bits per heavy atom. The molecular weight excluding hydrogens is 519 g/mol. The maximum Gasteiger partial charge on any atom is 0.255 e. The highest BCUT2D eigenvalue weighted by Gasteiger charge is 2.40. The van der Waals surface area contributed by atoms with Crippen molar-refractivity contribution in [2.24, 2.45) is 5.92 Å². The maximum atomic E-state index is 13.2. The highest BCUT2D eigenvalue weighted by Crippen LogP contribution is 2.34. The van der Waals surface area contributed by atoms with Crippen molar-refractivity contribution in [3.05, 3.63) is 100 Å². The van der Waals surface area contributed by atoms with Crippen molar-refractivity contribution >= 4 is 17.5 Å². The number of carbonyl (C=O) groups is 3. The van der Waals surface area contributed by atoms with Crippen LogP contribution in [-0.2, 0) is 35.7 Å². The van der Waals surface area contributed by atoms with Crippen LogP contribution >= 0.6 is 0 Å². The minimum atomic E-state index is -0.534. The van der Waals surface area contributed by atoms with Crippen LogP contribution in [0.1, 0.15) is 64.7 Å². The van der Waals surface area contributed by atoms with Crippen LogP contribution in [-0.4, -0.2) is 46.4 Å². The van der Waals surface area contributed by atoms with Gasteiger partial charge in [0.25, 0.3) is 5.91 Å². The molecule has 3 aliphatic rings. The van der Waals surface area contributed by atoms with Crippen LogP contribution in [0.25, 0.3) is 0 Å². The number of Topliss-reactive ketones (excluding diaryl/α,β-unsaturated/α-hetero) is 2. The van der Waals surface area contributed by atoms with E-state index in [1.165, 1.54) is 11.1 Å². The molecule has 1 unspecified atom stereocenters. The minimum absolute atomic E-state index is 0.0477. The first kappa shape index (κ1) is 27.3. The first-order valence-corrected chi connectivity index (χ1v) is 14.6. The Bertz CT molecular complexity index is 1430. The Kier molecular flexibility index (Phi) is 7.97. The van der Waals surface area contributed by atoms with Crippen LogP contribution in [0.4, 0.5) is 4.39 Å². The molecule has 0 spiro atoms. The lowest BCUT2D eigenvalue weighted by Gasteiger charge is -2.32. The van der Waals surface area contributed by atoms with Gasteiger partial charge in [-0.1, -0.05) is 42.5 Å². The summed E-state index contributed by atoms with van der Waals surface area (Å²) in [5.74, 6) is 0.743. The van der Waals surface area contributed by atoms with Gasteiger partial charge < -0.3 is 9.64 Å². The van der Waals surface area contributed by atoms with Gasteiger partial charge in [0, 0.05) is 24.1 Å². The predicted molar refractivity (Wildman–Crippen MR) is 153 cm³/mol. The largest absolute Gasteiger partial charge is 0.489 e. The van der Waals surface area contributed by atoms with E-state index in [1.54, 1.807) is 23.1 Å². The van der Waals surface area contributed by atoms with E-state index in [1.807, 2.05) is 24.3 Å². The normalized spacial score (nSPS) is 20.0. The number of hydrogen-bond donors (Lipinski definition) is 0. The average molecular weight is 555 g/mol. The number of amides is 1. The van der Waals surface area contributed by atoms with Crippen molar-refractivity contribution in [3.63, 3.8) is 0 Å². The number of benzene rings is 3. The Hall–Kier alpha value is -3.84. The first-order chi connectivity index (χ1) is 19.9. The Balaban J connectivity index is 1.00. The monoisotopic (exact) mass is 554 g/mol. The number of nitrogens with zero attached hydrogens (tertiary/aromatic N) is 2. The van der Waals surface area contributed by atoms with Crippen molar-refractivity contribution in [2.45, 2.75) is 64.3 Å². The zero-order valence-corrected chi connectivity index (χ0v) is 23.2. The molecule has 3 aromatic carbocycles. The predicted octanol–water partition coefficient (Wildman–Crippen LogP) is 5.51. The highest BCUT2D eigenvalue weighted by molar-refractivity contribution is 6.07. The van der Waals surface area contributed by atoms with E-state index in [9.17, 15) is 18.8 Å². The number of halogens is 1. The van der Waals surface area contributed by atoms with Crippen LogP contribution < -0.4 is 4.74 Å². The summed E-state index contributed by atoms with van der Waals surface area (Å²) in [6, 6.07) is 20.3. The molecule has 0 aromatic heterocycles. The molecule has 1 amide bonds. The van der Waals surface area contributed by atoms with Gasteiger partial charge in [0.2, 0.25) is 0 Å². The molecule has 0 radical (unpaired) electrons. The van der Waals surface area contributed by atoms with Crippen molar-refractivity contribution in [1.29, 1.82) is 0 Å². The van der Waals surface area contributed by atoms with Crippen LogP contribution in [0.15, 0.2) is 66.7 Å². The second kappa shape index (κ2) is 12.0. The third-order valence-electron chi connectivity index (χ3n) is 8.74. The van der Waals surface area contributed by atoms with Gasteiger partial charge in [0.15, 0.2) is 5.78 Å². The molecule has 2 fully saturated rings. The molecule has 3 aromatic rings. The fraction of sp³-hybridized carbons (Fsp3) is 0.382. The molecule has 0 bridgehead atoms. The standard InChI is InChI=1S/C34H35FN2O4/c35-27-10-8-23(9-11-27)18-24-14-16-36(17-15-24)20-25-4-6-26(7-5-25)22-41-33-3-1-2-29-30(33)21-37(34(29)40)31-13-12-28(38)19-32(31)39/h1-11,24,31H,12-22H2. The molecule has 41 heavy (non-hydrogen) atoms. The number of rotatable bonds is 8. The summed E-state index contributed by atoms with van der Waals surface area (Å²) < 4.78 is 19.3. The third kappa shape index (κ3) is 6.25. The molecular formula is C34H35FN2O4. The number of hydrogen-bond acceptors (Lipinski definition) is 5. The van der Waals surface area contributed by atoms with E-state index in [4.69, 9.17) is 4.74 Å².